The fourth-order valence-corrected chi connectivity index (χ4v) is 7.10. The highest BCUT2D eigenvalue weighted by atomic mass is 28.1. The van der Waals surface area contributed by atoms with Crippen LogP contribution in [-0.4, -0.2) is 30.9 Å². The smallest absolute Gasteiger partial charge is 0.0694 e. The Morgan fingerprint density at radius 1 is 0.390 bits per heavy atom. The zero-order valence-electron chi connectivity index (χ0n) is 26.4. The van der Waals surface area contributed by atoms with Crippen molar-refractivity contribution in [2.45, 2.75) is 107 Å². The largest absolute Gasteiger partial charge is 0.355 e. The molecular formula is C36H46N4Si. The molecule has 214 valence electrons. The Bertz CT molecular complexity index is 1560. The van der Waals surface area contributed by atoms with Crippen LogP contribution in [0.3, 0.4) is 0 Å². The summed E-state index contributed by atoms with van der Waals surface area (Å²) in [4.78, 5) is 18.2. The van der Waals surface area contributed by atoms with Gasteiger partial charge in [0.2, 0.25) is 0 Å². The van der Waals surface area contributed by atoms with Gasteiger partial charge in [0.1, 0.15) is 0 Å². The molecule has 2 aliphatic rings. The van der Waals surface area contributed by atoms with E-state index in [9.17, 15) is 0 Å². The van der Waals surface area contributed by atoms with Gasteiger partial charge in [-0.05, 0) is 120 Å². The van der Waals surface area contributed by atoms with Crippen LogP contribution in [0.15, 0.2) is 24.3 Å². The first-order valence-electron chi connectivity index (χ1n) is 15.7. The van der Waals surface area contributed by atoms with Gasteiger partial charge in [0.15, 0.2) is 0 Å². The number of nitrogens with zero attached hydrogens (tertiary/aromatic N) is 2. The van der Waals surface area contributed by atoms with Crippen molar-refractivity contribution in [1.29, 1.82) is 0 Å². The normalized spacial score (nSPS) is 13.3. The van der Waals surface area contributed by atoms with Crippen molar-refractivity contribution in [3.63, 3.8) is 0 Å². The fraction of sp³-hybridized carbons (Fsp3) is 0.444. The molecule has 0 aliphatic carbocycles. The first kappa shape index (κ1) is 30.8. The highest BCUT2D eigenvalue weighted by molar-refractivity contribution is 5.96. The Balaban J connectivity index is 0.00000387. The summed E-state index contributed by atoms with van der Waals surface area (Å²) in [5, 5.41) is 0. The standard InChI is InChI=1S/C36H46N4.Si/c1-9-21-22(10-2)30-18-32-25(13-5)26(14-6)34(39-32)20-36-28(16-8)27(15-7)35(40-36)19-33-24(12-4)23(11-3)31(38-33)17-29(21)37-30;/h17-20,37-38H,9-16H2,1-8H3;. The summed E-state index contributed by atoms with van der Waals surface area (Å²) in [7, 11) is 0. The summed E-state index contributed by atoms with van der Waals surface area (Å²) in [6.45, 7) is 18.1. The van der Waals surface area contributed by atoms with Crippen LogP contribution >= 0.6 is 0 Å². The molecule has 5 heteroatoms. The number of hydrogen-bond acceptors (Lipinski definition) is 2. The van der Waals surface area contributed by atoms with Gasteiger partial charge in [-0.1, -0.05) is 55.4 Å². The zero-order valence-corrected chi connectivity index (χ0v) is 27.4. The molecule has 2 aliphatic heterocycles. The molecule has 0 atom stereocenters. The highest BCUT2D eigenvalue weighted by Crippen LogP contribution is 2.39. The van der Waals surface area contributed by atoms with Crippen molar-refractivity contribution < 1.29 is 0 Å². The summed E-state index contributed by atoms with van der Waals surface area (Å²) in [6, 6.07) is 9.24. The van der Waals surface area contributed by atoms with Crippen molar-refractivity contribution in [3.8, 4) is 0 Å². The number of aromatic amines is 2. The van der Waals surface area contributed by atoms with Gasteiger partial charge >= 0.3 is 0 Å². The SMILES string of the molecule is CCC1=C(CC)c2cc3[nH]c(cc4[nH]c(cc5nc(cc1n2)C(CC)=C5CC)c(CC)c4CC)c(CC)c3CC.[Si]. The molecule has 0 saturated heterocycles. The van der Waals surface area contributed by atoms with E-state index in [-0.39, 0.29) is 11.0 Å². The minimum atomic E-state index is 0. The third-order valence-electron chi connectivity index (χ3n) is 8.97. The number of hydrogen-bond donors (Lipinski definition) is 2. The van der Waals surface area contributed by atoms with Gasteiger partial charge in [-0.15, -0.1) is 0 Å². The van der Waals surface area contributed by atoms with Crippen molar-refractivity contribution in [1.82, 2.24) is 19.9 Å². The molecular weight excluding hydrogens is 517 g/mol. The molecule has 3 aromatic heterocycles. The molecule has 4 radical (unpaired) electrons. The van der Waals surface area contributed by atoms with E-state index in [2.05, 4.69) is 89.6 Å². The Labute approximate surface area is 250 Å². The molecule has 3 aromatic rings. The summed E-state index contributed by atoms with van der Waals surface area (Å²) in [5.74, 6) is 0. The van der Waals surface area contributed by atoms with Crippen molar-refractivity contribution >= 4 is 55.3 Å². The van der Waals surface area contributed by atoms with Crippen LogP contribution in [0.25, 0.3) is 44.4 Å². The third-order valence-corrected chi connectivity index (χ3v) is 8.97. The Morgan fingerprint density at radius 2 is 0.659 bits per heavy atom. The highest BCUT2D eigenvalue weighted by Gasteiger charge is 2.22. The number of aryl methyl sites for hydroxylation is 4. The molecule has 0 saturated carbocycles. The number of nitrogens with one attached hydrogen (secondary N) is 2. The van der Waals surface area contributed by atoms with Crippen LogP contribution in [-0.2, 0) is 25.7 Å². The minimum Gasteiger partial charge on any atom is -0.355 e. The van der Waals surface area contributed by atoms with E-state index in [4.69, 9.17) is 9.97 Å². The molecule has 0 fully saturated rings. The van der Waals surface area contributed by atoms with Crippen LogP contribution < -0.4 is 0 Å². The maximum Gasteiger partial charge on any atom is 0.0694 e. The van der Waals surface area contributed by atoms with Crippen LogP contribution in [0.1, 0.15) is 126 Å². The van der Waals surface area contributed by atoms with Crippen molar-refractivity contribution in [2.24, 2.45) is 0 Å². The van der Waals surface area contributed by atoms with Crippen LogP contribution in [0.5, 0.6) is 0 Å². The summed E-state index contributed by atoms with van der Waals surface area (Å²) < 4.78 is 0. The summed E-state index contributed by atoms with van der Waals surface area (Å²) in [5.41, 5.74) is 20.2. The van der Waals surface area contributed by atoms with Gasteiger partial charge in [-0.3, -0.25) is 0 Å². The van der Waals surface area contributed by atoms with E-state index < -0.39 is 0 Å². The monoisotopic (exact) mass is 562 g/mol. The second kappa shape index (κ2) is 12.8. The van der Waals surface area contributed by atoms with Gasteiger partial charge < -0.3 is 9.97 Å². The first-order chi connectivity index (χ1) is 19.5. The van der Waals surface area contributed by atoms with E-state index in [0.29, 0.717) is 0 Å². The zero-order chi connectivity index (χ0) is 28.6. The second-order valence-electron chi connectivity index (χ2n) is 10.9. The average Bonchev–Trinajstić information content (AvgIpc) is 3.67. The van der Waals surface area contributed by atoms with Crippen molar-refractivity contribution in [3.05, 3.63) is 69.3 Å². The molecule has 2 N–H and O–H groups in total. The lowest BCUT2D eigenvalue weighted by Gasteiger charge is -2.04. The van der Waals surface area contributed by atoms with Crippen LogP contribution in [0.2, 0.25) is 0 Å². The molecule has 0 spiro atoms. The second-order valence-corrected chi connectivity index (χ2v) is 10.9. The topological polar surface area (TPSA) is 57.4 Å². The molecule has 0 aromatic carbocycles. The quantitative estimate of drug-likeness (QED) is 0.269. The third kappa shape index (κ3) is 5.18. The van der Waals surface area contributed by atoms with Gasteiger partial charge in [-0.2, -0.15) is 0 Å². The number of fused-ring (bicyclic) bond motifs is 8. The van der Waals surface area contributed by atoms with Crippen LogP contribution in [0, 0.1) is 0 Å². The van der Waals surface area contributed by atoms with Crippen molar-refractivity contribution in [2.75, 3.05) is 0 Å². The molecule has 41 heavy (non-hydrogen) atoms. The van der Waals surface area contributed by atoms with E-state index in [1.165, 1.54) is 66.6 Å². The summed E-state index contributed by atoms with van der Waals surface area (Å²) >= 11 is 0. The van der Waals surface area contributed by atoms with Gasteiger partial charge in [-0.25, -0.2) is 9.97 Å². The van der Waals surface area contributed by atoms with Gasteiger partial charge in [0, 0.05) is 33.0 Å². The minimum absolute atomic E-state index is 0. The summed E-state index contributed by atoms with van der Waals surface area (Å²) in [6.07, 6.45) is 7.84. The predicted molar refractivity (Wildman–Crippen MR) is 179 cm³/mol. The molecule has 4 nitrogen and oxygen atoms in total. The lowest BCUT2D eigenvalue weighted by Crippen LogP contribution is -1.87. The van der Waals surface area contributed by atoms with E-state index in [0.717, 1.165) is 74.1 Å². The van der Waals surface area contributed by atoms with Crippen LogP contribution in [0.4, 0.5) is 0 Å². The van der Waals surface area contributed by atoms with E-state index in [1.54, 1.807) is 0 Å². The number of aromatic nitrogens is 4. The molecule has 5 heterocycles. The number of allylic oxidation sites excluding steroid dienone is 4. The lowest BCUT2D eigenvalue weighted by molar-refractivity contribution is 1.07. The average molecular weight is 563 g/mol. The van der Waals surface area contributed by atoms with E-state index >= 15 is 0 Å². The number of rotatable bonds is 8. The van der Waals surface area contributed by atoms with E-state index in [1.807, 2.05) is 0 Å². The maximum atomic E-state index is 5.28. The Morgan fingerprint density at radius 3 is 0.927 bits per heavy atom. The molecule has 8 bridgehead atoms. The molecule has 5 rings (SSSR count). The fourth-order valence-electron chi connectivity index (χ4n) is 7.10. The Hall–Kier alpha value is -3.18. The first-order valence-corrected chi connectivity index (χ1v) is 15.7. The van der Waals surface area contributed by atoms with Gasteiger partial charge in [0.25, 0.3) is 0 Å². The van der Waals surface area contributed by atoms with Gasteiger partial charge in [0.05, 0.1) is 22.8 Å². The number of H-pyrrole nitrogens is 2. The molecule has 0 amide bonds. The predicted octanol–water partition coefficient (Wildman–Crippen LogP) is 9.65. The Kier molecular flexibility index (Phi) is 9.58. The maximum absolute atomic E-state index is 5.28. The lowest BCUT2D eigenvalue weighted by atomic mass is 9.97. The molecule has 0 unspecified atom stereocenters.